The first-order valence-corrected chi connectivity index (χ1v) is 8.44. The van der Waals surface area contributed by atoms with E-state index < -0.39 is 0 Å². The van der Waals surface area contributed by atoms with Gasteiger partial charge in [-0.2, -0.15) is 0 Å². The molecule has 3 rings (SSSR count). The topological polar surface area (TPSA) is 68.5 Å². The number of amides is 1. The van der Waals surface area contributed by atoms with Crippen LogP contribution in [0, 0.1) is 6.92 Å². The summed E-state index contributed by atoms with van der Waals surface area (Å²) in [4.78, 5) is 23.4. The lowest BCUT2D eigenvalue weighted by molar-refractivity contribution is 0.0479. The van der Waals surface area contributed by atoms with E-state index in [2.05, 4.69) is 9.97 Å². The molecule has 1 fully saturated rings. The molecule has 128 valence electrons. The molecule has 6 heteroatoms. The van der Waals surface area contributed by atoms with Crippen molar-refractivity contribution >= 4 is 5.91 Å². The number of nitrogens with zero attached hydrogens (tertiary/aromatic N) is 3. The highest BCUT2D eigenvalue weighted by Crippen LogP contribution is 2.19. The van der Waals surface area contributed by atoms with Gasteiger partial charge in [-0.15, -0.1) is 0 Å². The Labute approximate surface area is 141 Å². The molecule has 0 radical (unpaired) electrons. The van der Waals surface area contributed by atoms with Crippen molar-refractivity contribution in [1.29, 1.82) is 0 Å². The monoisotopic (exact) mass is 329 g/mol. The van der Waals surface area contributed by atoms with Gasteiger partial charge in [-0.3, -0.25) is 9.78 Å². The van der Waals surface area contributed by atoms with Crippen molar-refractivity contribution in [2.45, 2.75) is 45.8 Å². The number of pyridine rings is 1. The van der Waals surface area contributed by atoms with E-state index >= 15 is 0 Å². The van der Waals surface area contributed by atoms with E-state index in [0.717, 1.165) is 25.1 Å². The van der Waals surface area contributed by atoms with E-state index in [0.29, 0.717) is 36.9 Å². The molecule has 0 aliphatic carbocycles. The van der Waals surface area contributed by atoms with E-state index in [1.807, 2.05) is 25.1 Å². The minimum Gasteiger partial charge on any atom is -0.435 e. The number of hydrogen-bond acceptors (Lipinski definition) is 5. The summed E-state index contributed by atoms with van der Waals surface area (Å²) < 4.78 is 11.3. The van der Waals surface area contributed by atoms with Crippen LogP contribution in [0.2, 0.25) is 0 Å². The van der Waals surface area contributed by atoms with Crippen LogP contribution in [0.5, 0.6) is 0 Å². The van der Waals surface area contributed by atoms with Crippen LogP contribution < -0.4 is 0 Å². The summed E-state index contributed by atoms with van der Waals surface area (Å²) in [6, 6.07) is 5.70. The third kappa shape index (κ3) is 3.82. The van der Waals surface area contributed by atoms with Gasteiger partial charge in [0.15, 0.2) is 5.89 Å². The molecule has 3 heterocycles. The minimum atomic E-state index is -0.152. The van der Waals surface area contributed by atoms with Crippen molar-refractivity contribution in [2.75, 3.05) is 13.2 Å². The van der Waals surface area contributed by atoms with Gasteiger partial charge >= 0.3 is 0 Å². The molecule has 2 aromatic heterocycles. The van der Waals surface area contributed by atoms with E-state index in [4.69, 9.17) is 9.15 Å². The number of hydrogen-bond donors (Lipinski definition) is 0. The largest absolute Gasteiger partial charge is 0.435 e. The molecule has 1 saturated heterocycles. The third-order valence-corrected chi connectivity index (χ3v) is 4.15. The normalized spacial score (nSPS) is 17.2. The maximum absolute atomic E-state index is 13.0. The Hall–Kier alpha value is -2.21. The Morgan fingerprint density at radius 1 is 1.42 bits per heavy atom. The molecular weight excluding hydrogens is 306 g/mol. The summed E-state index contributed by atoms with van der Waals surface area (Å²) in [5.41, 5.74) is 1.48. The number of carbonyl (C=O) groups is 1. The van der Waals surface area contributed by atoms with E-state index in [-0.39, 0.29) is 12.0 Å². The van der Waals surface area contributed by atoms with Gasteiger partial charge in [0.2, 0.25) is 5.76 Å². The first kappa shape index (κ1) is 16.6. The average Bonchev–Trinajstić information content (AvgIpc) is 3.24. The molecule has 0 unspecified atom stereocenters. The van der Waals surface area contributed by atoms with Crippen LogP contribution in [-0.2, 0) is 17.7 Å². The summed E-state index contributed by atoms with van der Waals surface area (Å²) in [6.45, 7) is 5.49. The van der Waals surface area contributed by atoms with Crippen LogP contribution in [0.1, 0.15) is 47.6 Å². The van der Waals surface area contributed by atoms with Gasteiger partial charge in [0.05, 0.1) is 24.0 Å². The predicted molar refractivity (Wildman–Crippen MR) is 88.6 cm³/mol. The maximum Gasteiger partial charge on any atom is 0.292 e. The molecule has 1 amide bonds. The zero-order chi connectivity index (χ0) is 16.9. The van der Waals surface area contributed by atoms with Gasteiger partial charge in [-0.25, -0.2) is 4.98 Å². The van der Waals surface area contributed by atoms with Gasteiger partial charge in [-0.05, 0) is 31.9 Å². The second-order valence-electron chi connectivity index (χ2n) is 6.02. The summed E-state index contributed by atoms with van der Waals surface area (Å²) in [5.74, 6) is 0.757. The number of aryl methyl sites for hydroxylation is 2. The molecule has 0 bridgehead atoms. The van der Waals surface area contributed by atoms with Crippen LogP contribution in [0.25, 0.3) is 0 Å². The Morgan fingerprint density at radius 3 is 2.92 bits per heavy atom. The third-order valence-electron chi connectivity index (χ3n) is 4.15. The van der Waals surface area contributed by atoms with Crippen molar-refractivity contribution in [3.8, 4) is 0 Å². The smallest absolute Gasteiger partial charge is 0.292 e. The molecule has 1 atom stereocenters. The number of ether oxygens (including phenoxy) is 1. The molecule has 0 spiro atoms. The van der Waals surface area contributed by atoms with Gasteiger partial charge < -0.3 is 14.1 Å². The number of carbonyl (C=O) groups excluding carboxylic acids is 1. The van der Waals surface area contributed by atoms with Gasteiger partial charge in [0, 0.05) is 25.8 Å². The lowest BCUT2D eigenvalue weighted by Crippen LogP contribution is -2.37. The van der Waals surface area contributed by atoms with Crippen LogP contribution >= 0.6 is 0 Å². The van der Waals surface area contributed by atoms with Crippen molar-refractivity contribution < 1.29 is 13.9 Å². The lowest BCUT2D eigenvalue weighted by atomic mass is 10.2. The molecular formula is C18H23N3O3. The number of aromatic nitrogens is 2. The molecule has 24 heavy (non-hydrogen) atoms. The molecule has 0 saturated carbocycles. The molecule has 1 aliphatic rings. The van der Waals surface area contributed by atoms with Crippen LogP contribution in [-0.4, -0.2) is 40.0 Å². The fraction of sp³-hybridized carbons (Fsp3) is 0.500. The number of rotatable bonds is 6. The SMILES string of the molecule is CCc1nc(C)c(C(=O)N(Cc2ccccn2)C[C@@H]2CCCO2)o1. The summed E-state index contributed by atoms with van der Waals surface area (Å²) >= 11 is 0. The van der Waals surface area contributed by atoms with Gasteiger partial charge in [0.25, 0.3) is 5.91 Å². The second kappa shape index (κ2) is 7.57. The molecule has 0 N–H and O–H groups in total. The molecule has 6 nitrogen and oxygen atoms in total. The zero-order valence-corrected chi connectivity index (χ0v) is 14.2. The van der Waals surface area contributed by atoms with Crippen LogP contribution in [0.4, 0.5) is 0 Å². The first-order valence-electron chi connectivity index (χ1n) is 8.44. The quantitative estimate of drug-likeness (QED) is 0.815. The molecule has 0 aromatic carbocycles. The summed E-state index contributed by atoms with van der Waals surface area (Å²) in [7, 11) is 0. The highest BCUT2D eigenvalue weighted by Gasteiger charge is 2.27. The van der Waals surface area contributed by atoms with Crippen molar-refractivity contribution in [2.24, 2.45) is 0 Å². The van der Waals surface area contributed by atoms with Gasteiger partial charge in [-0.1, -0.05) is 13.0 Å². The second-order valence-corrected chi connectivity index (χ2v) is 6.02. The van der Waals surface area contributed by atoms with Crippen molar-refractivity contribution in [3.63, 3.8) is 0 Å². The number of oxazole rings is 1. The summed E-state index contributed by atoms with van der Waals surface area (Å²) in [5, 5.41) is 0. The Balaban J connectivity index is 1.81. The van der Waals surface area contributed by atoms with Crippen molar-refractivity contribution in [3.05, 3.63) is 47.4 Å². The highest BCUT2D eigenvalue weighted by atomic mass is 16.5. The standard InChI is InChI=1S/C18H23N3O3/c1-3-16-20-13(2)17(24-16)18(22)21(12-15-8-6-10-23-15)11-14-7-4-5-9-19-14/h4-5,7,9,15H,3,6,8,10-12H2,1-2H3/t15-/m0/s1. The Bertz CT molecular complexity index is 678. The maximum atomic E-state index is 13.0. The minimum absolute atomic E-state index is 0.0755. The Morgan fingerprint density at radius 2 is 2.29 bits per heavy atom. The van der Waals surface area contributed by atoms with E-state index in [1.54, 1.807) is 18.0 Å². The van der Waals surface area contributed by atoms with E-state index in [9.17, 15) is 4.79 Å². The fourth-order valence-corrected chi connectivity index (χ4v) is 2.89. The molecule has 2 aromatic rings. The van der Waals surface area contributed by atoms with E-state index in [1.165, 1.54) is 0 Å². The fourth-order valence-electron chi connectivity index (χ4n) is 2.89. The first-order chi connectivity index (χ1) is 11.7. The average molecular weight is 329 g/mol. The van der Waals surface area contributed by atoms with Crippen LogP contribution in [0.15, 0.2) is 28.8 Å². The van der Waals surface area contributed by atoms with Gasteiger partial charge in [0.1, 0.15) is 0 Å². The highest BCUT2D eigenvalue weighted by molar-refractivity contribution is 5.92. The molecule has 1 aliphatic heterocycles. The summed E-state index contributed by atoms with van der Waals surface area (Å²) in [6.07, 6.45) is 4.49. The van der Waals surface area contributed by atoms with Crippen molar-refractivity contribution in [1.82, 2.24) is 14.9 Å². The Kier molecular flexibility index (Phi) is 5.25. The predicted octanol–water partition coefficient (Wildman–Crippen LogP) is 2.76. The lowest BCUT2D eigenvalue weighted by Gasteiger charge is -2.24. The van der Waals surface area contributed by atoms with Crippen LogP contribution in [0.3, 0.4) is 0 Å². The zero-order valence-electron chi connectivity index (χ0n) is 14.2.